The van der Waals surface area contributed by atoms with Crippen molar-refractivity contribution in [1.82, 2.24) is 20.6 Å². The van der Waals surface area contributed by atoms with Gasteiger partial charge in [0.15, 0.2) is 6.61 Å². The Morgan fingerprint density at radius 2 is 1.68 bits per heavy atom. The Balaban J connectivity index is 2.71. The van der Waals surface area contributed by atoms with Gasteiger partial charge in [0.1, 0.15) is 11.8 Å². The van der Waals surface area contributed by atoms with Crippen molar-refractivity contribution in [1.29, 1.82) is 0 Å². The molecular formula is C22H32N4O8. The molecule has 12 nitrogen and oxygen atoms in total. The molecule has 0 spiro atoms. The molecular weight excluding hydrogens is 448 g/mol. The predicted molar refractivity (Wildman–Crippen MR) is 120 cm³/mol. The molecule has 0 bridgehead atoms. The minimum atomic E-state index is -1.40. The van der Waals surface area contributed by atoms with Crippen LogP contribution in [0.5, 0.6) is 5.75 Å². The van der Waals surface area contributed by atoms with Crippen LogP contribution in [0, 0.1) is 5.92 Å². The summed E-state index contributed by atoms with van der Waals surface area (Å²) in [6.07, 6.45) is -0.0656. The molecule has 1 aromatic carbocycles. The molecule has 6 amide bonds. The van der Waals surface area contributed by atoms with Crippen LogP contribution in [0.4, 0.5) is 9.59 Å². The zero-order chi connectivity index (χ0) is 25.8. The van der Waals surface area contributed by atoms with Gasteiger partial charge in [-0.2, -0.15) is 0 Å². The maximum Gasteiger partial charge on any atom is 0.413 e. The van der Waals surface area contributed by atoms with Crippen molar-refractivity contribution < 1.29 is 39.0 Å². The molecule has 1 rings (SSSR count). The van der Waals surface area contributed by atoms with Gasteiger partial charge in [-0.05, 0) is 30.0 Å². The summed E-state index contributed by atoms with van der Waals surface area (Å²) in [4.78, 5) is 59.4. The minimum absolute atomic E-state index is 0.00103. The second kappa shape index (κ2) is 13.8. The summed E-state index contributed by atoms with van der Waals surface area (Å²) in [6.45, 7) is 3.52. The predicted octanol–water partition coefficient (Wildman–Crippen LogP) is 1.61. The molecule has 0 aliphatic heterocycles. The van der Waals surface area contributed by atoms with Crippen molar-refractivity contribution in [3.63, 3.8) is 0 Å². The van der Waals surface area contributed by atoms with Crippen LogP contribution in [0.2, 0.25) is 0 Å². The van der Waals surface area contributed by atoms with E-state index in [0.29, 0.717) is 28.6 Å². The Hall–Kier alpha value is -3.67. The summed E-state index contributed by atoms with van der Waals surface area (Å²) in [5.74, 6) is -1.36. The topological polar surface area (TPSA) is 166 Å². The summed E-state index contributed by atoms with van der Waals surface area (Å²) < 4.78 is 5.26. The van der Waals surface area contributed by atoms with E-state index in [1.54, 1.807) is 12.1 Å². The molecule has 0 radical (unpaired) electrons. The van der Waals surface area contributed by atoms with Crippen LogP contribution < -0.4 is 15.4 Å². The highest BCUT2D eigenvalue weighted by atomic mass is 16.5. The van der Waals surface area contributed by atoms with Gasteiger partial charge in [0.05, 0.1) is 0 Å². The van der Waals surface area contributed by atoms with Crippen LogP contribution in [0.15, 0.2) is 24.3 Å². The number of carbonyl (C=O) groups is 5. The van der Waals surface area contributed by atoms with Gasteiger partial charge in [-0.15, -0.1) is 5.06 Å². The lowest BCUT2D eigenvalue weighted by atomic mass is 10.1. The van der Waals surface area contributed by atoms with E-state index in [4.69, 9.17) is 9.84 Å². The van der Waals surface area contributed by atoms with Crippen LogP contribution in [0.25, 0.3) is 0 Å². The number of hydrogen-bond acceptors (Lipinski definition) is 7. The molecule has 0 aromatic heterocycles. The number of nitrogens with one attached hydrogen (secondary N) is 2. The first kappa shape index (κ1) is 28.4. The van der Waals surface area contributed by atoms with Crippen molar-refractivity contribution in [2.45, 2.75) is 45.6 Å². The number of hydroxylamine groups is 2. The molecule has 0 aliphatic carbocycles. The van der Waals surface area contributed by atoms with E-state index in [2.05, 4.69) is 10.6 Å². The molecule has 0 unspecified atom stereocenters. The molecule has 0 saturated heterocycles. The molecule has 0 heterocycles. The number of rotatable bonds is 11. The first-order chi connectivity index (χ1) is 16.0. The molecule has 4 N–H and O–H groups in total. The molecule has 0 fully saturated rings. The zero-order valence-electron chi connectivity index (χ0n) is 19.7. The molecule has 1 atom stereocenters. The summed E-state index contributed by atoms with van der Waals surface area (Å²) in [6, 6.07) is 4.04. The normalized spacial score (nSPS) is 11.4. The van der Waals surface area contributed by atoms with Crippen LogP contribution in [0.1, 0.15) is 38.7 Å². The third-order valence-corrected chi connectivity index (χ3v) is 4.85. The molecule has 34 heavy (non-hydrogen) atoms. The number of ether oxygens (including phenoxy) is 1. The Morgan fingerprint density at radius 1 is 1.06 bits per heavy atom. The number of benzene rings is 1. The minimum Gasteiger partial charge on any atom is -0.484 e. The summed E-state index contributed by atoms with van der Waals surface area (Å²) in [5.41, 5.74) is 0.614. The average molecular weight is 481 g/mol. The van der Waals surface area contributed by atoms with Crippen LogP contribution in [-0.4, -0.2) is 76.9 Å². The van der Waals surface area contributed by atoms with Crippen molar-refractivity contribution in [2.75, 3.05) is 20.7 Å². The van der Waals surface area contributed by atoms with Gasteiger partial charge in [0.2, 0.25) is 5.91 Å². The fourth-order valence-electron chi connectivity index (χ4n) is 2.78. The number of amides is 6. The Bertz CT molecular complexity index is 872. The third kappa shape index (κ3) is 9.45. The van der Waals surface area contributed by atoms with Gasteiger partial charge < -0.3 is 20.5 Å². The summed E-state index contributed by atoms with van der Waals surface area (Å²) in [5, 5.41) is 23.4. The number of nitrogens with zero attached hydrogens (tertiary/aromatic N) is 2. The van der Waals surface area contributed by atoms with E-state index in [0.717, 1.165) is 13.5 Å². The van der Waals surface area contributed by atoms with E-state index < -0.39 is 42.5 Å². The van der Waals surface area contributed by atoms with Crippen molar-refractivity contribution in [3.05, 3.63) is 29.8 Å². The lowest BCUT2D eigenvalue weighted by Gasteiger charge is -2.21. The van der Waals surface area contributed by atoms with E-state index in [1.165, 1.54) is 19.2 Å². The second-order valence-electron chi connectivity index (χ2n) is 7.98. The van der Waals surface area contributed by atoms with Crippen molar-refractivity contribution in [3.8, 4) is 5.75 Å². The maximum absolute atomic E-state index is 12.3. The fraction of sp³-hybridized carbons (Fsp3) is 0.500. The largest absolute Gasteiger partial charge is 0.484 e. The van der Waals surface area contributed by atoms with E-state index in [9.17, 15) is 29.2 Å². The standard InChI is InChI=1S/C22H32N4O8/c1-14(2)6-5-7-18(27)26(33)21(30)24-17(20(29)23-3)12-15-8-10-16(11-9-15)34-13-19(28)25(4)22(31)32/h8-11,14,17,33H,5-7,12-13H2,1-4H3,(H,23,29)(H,24,30)(H,31,32)/t17-/m0/s1. The highest BCUT2D eigenvalue weighted by Crippen LogP contribution is 2.14. The molecule has 12 heteroatoms. The monoisotopic (exact) mass is 480 g/mol. The molecule has 188 valence electrons. The SMILES string of the molecule is CNC(=O)[C@H](Cc1ccc(OCC(=O)N(C)C(=O)O)cc1)NC(=O)N(O)C(=O)CCCC(C)C. The smallest absolute Gasteiger partial charge is 0.413 e. The van der Waals surface area contributed by atoms with Gasteiger partial charge in [0, 0.05) is 26.9 Å². The Kier molecular flexibility index (Phi) is 11.5. The Morgan fingerprint density at radius 3 is 2.21 bits per heavy atom. The van der Waals surface area contributed by atoms with Gasteiger partial charge in [-0.25, -0.2) is 14.5 Å². The number of carboxylic acid groups (broad SMARTS) is 1. The first-order valence-electron chi connectivity index (χ1n) is 10.7. The van der Waals surface area contributed by atoms with Gasteiger partial charge in [-0.3, -0.25) is 19.6 Å². The molecule has 0 saturated carbocycles. The Labute approximate surface area is 197 Å². The van der Waals surface area contributed by atoms with Crippen LogP contribution >= 0.6 is 0 Å². The number of carbonyl (C=O) groups excluding carboxylic acids is 4. The fourth-order valence-corrected chi connectivity index (χ4v) is 2.78. The number of imide groups is 2. The molecule has 1 aromatic rings. The highest BCUT2D eigenvalue weighted by Gasteiger charge is 2.26. The number of likely N-dealkylation sites (N-methyl/N-ethyl adjacent to an activating group) is 2. The summed E-state index contributed by atoms with van der Waals surface area (Å²) >= 11 is 0. The van der Waals surface area contributed by atoms with Crippen molar-refractivity contribution >= 4 is 29.8 Å². The van der Waals surface area contributed by atoms with E-state index >= 15 is 0 Å². The third-order valence-electron chi connectivity index (χ3n) is 4.85. The van der Waals surface area contributed by atoms with Crippen LogP contribution in [-0.2, 0) is 20.8 Å². The first-order valence-corrected chi connectivity index (χ1v) is 10.7. The van der Waals surface area contributed by atoms with E-state index in [1.807, 2.05) is 13.8 Å². The lowest BCUT2D eigenvalue weighted by molar-refractivity contribution is -0.153. The zero-order valence-corrected chi connectivity index (χ0v) is 19.7. The highest BCUT2D eigenvalue weighted by molar-refractivity contribution is 5.95. The quantitative estimate of drug-likeness (QED) is 0.274. The maximum atomic E-state index is 12.3. The van der Waals surface area contributed by atoms with E-state index in [-0.39, 0.29) is 17.9 Å². The number of hydrogen-bond donors (Lipinski definition) is 4. The molecule has 0 aliphatic rings. The summed E-state index contributed by atoms with van der Waals surface area (Å²) in [7, 11) is 2.49. The average Bonchev–Trinajstić information content (AvgIpc) is 2.80. The van der Waals surface area contributed by atoms with Gasteiger partial charge in [0.25, 0.3) is 11.8 Å². The van der Waals surface area contributed by atoms with Crippen LogP contribution in [0.3, 0.4) is 0 Å². The van der Waals surface area contributed by atoms with Gasteiger partial charge in [-0.1, -0.05) is 32.4 Å². The van der Waals surface area contributed by atoms with Gasteiger partial charge >= 0.3 is 12.1 Å². The second-order valence-corrected chi connectivity index (χ2v) is 7.98. The number of urea groups is 1. The van der Waals surface area contributed by atoms with Crippen molar-refractivity contribution in [2.24, 2.45) is 5.92 Å². The lowest BCUT2D eigenvalue weighted by Crippen LogP contribution is -2.52.